The fourth-order valence-electron chi connectivity index (χ4n) is 2.97. The lowest BCUT2D eigenvalue weighted by Crippen LogP contribution is -2.39. The van der Waals surface area contributed by atoms with Gasteiger partial charge in [-0.1, -0.05) is 5.16 Å². The van der Waals surface area contributed by atoms with Gasteiger partial charge in [-0.3, -0.25) is 4.90 Å². The van der Waals surface area contributed by atoms with Crippen molar-refractivity contribution in [1.82, 2.24) is 20.4 Å². The normalized spacial score (nSPS) is 23.6. The van der Waals surface area contributed by atoms with Crippen LogP contribution in [0, 0.1) is 5.92 Å². The molecule has 1 aromatic rings. The van der Waals surface area contributed by atoms with E-state index in [1.54, 1.807) is 7.11 Å². The molecule has 1 atom stereocenters. The van der Waals surface area contributed by atoms with Gasteiger partial charge in [0.2, 0.25) is 5.89 Å². The molecule has 1 aliphatic heterocycles. The SMILES string of the molecule is COCCNCC1CCCN(Cc2nc(C3CC3)no2)C1. The third-order valence-corrected chi connectivity index (χ3v) is 4.30. The second kappa shape index (κ2) is 7.33. The number of ether oxygens (including phenoxy) is 1. The Balaban J connectivity index is 1.42. The van der Waals surface area contributed by atoms with Gasteiger partial charge < -0.3 is 14.6 Å². The maximum absolute atomic E-state index is 5.38. The summed E-state index contributed by atoms with van der Waals surface area (Å²) in [7, 11) is 1.74. The minimum atomic E-state index is 0.571. The van der Waals surface area contributed by atoms with Gasteiger partial charge in [0, 0.05) is 26.1 Å². The van der Waals surface area contributed by atoms with E-state index in [1.807, 2.05) is 0 Å². The fourth-order valence-corrected chi connectivity index (χ4v) is 2.97. The highest BCUT2D eigenvalue weighted by Gasteiger charge is 2.29. The molecule has 0 aromatic carbocycles. The molecule has 6 nitrogen and oxygen atoms in total. The summed E-state index contributed by atoms with van der Waals surface area (Å²) in [6, 6.07) is 0. The maximum Gasteiger partial charge on any atom is 0.240 e. The first-order valence-electron chi connectivity index (χ1n) is 8.09. The fraction of sp³-hybridized carbons (Fsp3) is 0.867. The standard InChI is InChI=1S/C15H26N4O2/c1-20-8-6-16-9-12-3-2-7-19(10-12)11-14-17-15(18-21-14)13-4-5-13/h12-13,16H,2-11H2,1H3. The summed E-state index contributed by atoms with van der Waals surface area (Å²) in [5, 5.41) is 7.56. The molecule has 1 unspecified atom stereocenters. The van der Waals surface area contributed by atoms with E-state index in [0.717, 1.165) is 51.0 Å². The number of methoxy groups -OCH3 is 1. The van der Waals surface area contributed by atoms with Crippen LogP contribution in [-0.2, 0) is 11.3 Å². The summed E-state index contributed by atoms with van der Waals surface area (Å²) >= 11 is 0. The van der Waals surface area contributed by atoms with E-state index in [1.165, 1.54) is 25.7 Å². The molecule has 0 bridgehead atoms. The topological polar surface area (TPSA) is 63.4 Å². The highest BCUT2D eigenvalue weighted by atomic mass is 16.5. The van der Waals surface area contributed by atoms with Crippen molar-refractivity contribution in [3.63, 3.8) is 0 Å². The van der Waals surface area contributed by atoms with Gasteiger partial charge >= 0.3 is 0 Å². The van der Waals surface area contributed by atoms with Crippen molar-refractivity contribution in [2.45, 2.75) is 38.1 Å². The molecule has 2 heterocycles. The largest absolute Gasteiger partial charge is 0.383 e. The molecule has 118 valence electrons. The van der Waals surface area contributed by atoms with Gasteiger partial charge in [0.1, 0.15) is 0 Å². The zero-order valence-electron chi connectivity index (χ0n) is 12.9. The number of nitrogens with zero attached hydrogens (tertiary/aromatic N) is 3. The minimum absolute atomic E-state index is 0.571. The molecule has 0 radical (unpaired) electrons. The van der Waals surface area contributed by atoms with Gasteiger partial charge in [-0.05, 0) is 44.7 Å². The van der Waals surface area contributed by atoms with Crippen LogP contribution in [0.4, 0.5) is 0 Å². The Bertz CT molecular complexity index is 433. The molecule has 2 aliphatic rings. The third kappa shape index (κ3) is 4.49. The maximum atomic E-state index is 5.38. The van der Waals surface area contributed by atoms with E-state index in [4.69, 9.17) is 9.26 Å². The van der Waals surface area contributed by atoms with Crippen LogP contribution in [0.1, 0.15) is 43.3 Å². The van der Waals surface area contributed by atoms with Gasteiger partial charge in [0.25, 0.3) is 0 Å². The average molecular weight is 294 g/mol. The van der Waals surface area contributed by atoms with E-state index in [0.29, 0.717) is 11.8 Å². The Morgan fingerprint density at radius 2 is 2.29 bits per heavy atom. The zero-order chi connectivity index (χ0) is 14.5. The van der Waals surface area contributed by atoms with Crippen molar-refractivity contribution in [2.24, 2.45) is 5.92 Å². The van der Waals surface area contributed by atoms with Gasteiger partial charge in [0.15, 0.2) is 5.82 Å². The lowest BCUT2D eigenvalue weighted by Gasteiger charge is -2.31. The Hall–Kier alpha value is -0.980. The van der Waals surface area contributed by atoms with Crippen molar-refractivity contribution in [2.75, 3.05) is 39.9 Å². The molecule has 1 aromatic heterocycles. The molecule has 0 spiro atoms. The number of nitrogens with one attached hydrogen (secondary N) is 1. The summed E-state index contributed by atoms with van der Waals surface area (Å²) in [6.45, 7) is 5.83. The first-order chi connectivity index (χ1) is 10.3. The third-order valence-electron chi connectivity index (χ3n) is 4.30. The second-order valence-corrected chi connectivity index (χ2v) is 6.26. The number of likely N-dealkylation sites (tertiary alicyclic amines) is 1. The number of aromatic nitrogens is 2. The average Bonchev–Trinajstić information content (AvgIpc) is 3.25. The molecule has 21 heavy (non-hydrogen) atoms. The van der Waals surface area contributed by atoms with Crippen LogP contribution in [0.5, 0.6) is 0 Å². The van der Waals surface area contributed by atoms with Crippen LogP contribution in [0.2, 0.25) is 0 Å². The van der Waals surface area contributed by atoms with Crippen LogP contribution in [0.15, 0.2) is 4.52 Å². The smallest absolute Gasteiger partial charge is 0.240 e. The van der Waals surface area contributed by atoms with Crippen molar-refractivity contribution in [1.29, 1.82) is 0 Å². The van der Waals surface area contributed by atoms with E-state index in [-0.39, 0.29) is 0 Å². The predicted octanol–water partition coefficient (Wildman–Crippen LogP) is 1.39. The molecule has 2 fully saturated rings. The van der Waals surface area contributed by atoms with Crippen LogP contribution in [-0.4, -0.2) is 54.9 Å². The van der Waals surface area contributed by atoms with Gasteiger partial charge in [-0.2, -0.15) is 4.98 Å². The highest BCUT2D eigenvalue weighted by molar-refractivity contribution is 5.03. The van der Waals surface area contributed by atoms with Crippen LogP contribution in [0.25, 0.3) is 0 Å². The Kier molecular flexibility index (Phi) is 5.22. The number of hydrogen-bond acceptors (Lipinski definition) is 6. The molecule has 1 N–H and O–H groups in total. The number of hydrogen-bond donors (Lipinski definition) is 1. The first kappa shape index (κ1) is 14.9. The van der Waals surface area contributed by atoms with Crippen LogP contribution >= 0.6 is 0 Å². The molecule has 1 saturated carbocycles. The molecule has 0 amide bonds. The van der Waals surface area contributed by atoms with Gasteiger partial charge in [-0.15, -0.1) is 0 Å². The summed E-state index contributed by atoms with van der Waals surface area (Å²) in [6.07, 6.45) is 4.99. The monoisotopic (exact) mass is 294 g/mol. The Morgan fingerprint density at radius 1 is 1.38 bits per heavy atom. The molecule has 6 heteroatoms. The number of rotatable bonds is 8. The predicted molar refractivity (Wildman–Crippen MR) is 79.0 cm³/mol. The van der Waals surface area contributed by atoms with Gasteiger partial charge in [0.05, 0.1) is 13.2 Å². The molecule has 1 saturated heterocycles. The van der Waals surface area contributed by atoms with Crippen molar-refractivity contribution in [3.05, 3.63) is 11.7 Å². The van der Waals surface area contributed by atoms with E-state index in [2.05, 4.69) is 20.4 Å². The van der Waals surface area contributed by atoms with E-state index < -0.39 is 0 Å². The van der Waals surface area contributed by atoms with E-state index in [9.17, 15) is 0 Å². The Labute approximate surface area is 126 Å². The van der Waals surface area contributed by atoms with Gasteiger partial charge in [-0.25, -0.2) is 0 Å². The van der Waals surface area contributed by atoms with Crippen LogP contribution < -0.4 is 5.32 Å². The second-order valence-electron chi connectivity index (χ2n) is 6.26. The molecule has 1 aliphatic carbocycles. The molecule has 3 rings (SSSR count). The van der Waals surface area contributed by atoms with Crippen molar-refractivity contribution in [3.8, 4) is 0 Å². The summed E-state index contributed by atoms with van der Waals surface area (Å²) < 4.78 is 10.4. The summed E-state index contributed by atoms with van der Waals surface area (Å²) in [5.41, 5.74) is 0. The quantitative estimate of drug-likeness (QED) is 0.731. The minimum Gasteiger partial charge on any atom is -0.383 e. The summed E-state index contributed by atoms with van der Waals surface area (Å²) in [4.78, 5) is 6.97. The van der Waals surface area contributed by atoms with E-state index >= 15 is 0 Å². The zero-order valence-corrected chi connectivity index (χ0v) is 12.9. The first-order valence-corrected chi connectivity index (χ1v) is 8.09. The number of piperidine rings is 1. The lowest BCUT2D eigenvalue weighted by atomic mass is 9.98. The lowest BCUT2D eigenvalue weighted by molar-refractivity contribution is 0.145. The summed E-state index contributed by atoms with van der Waals surface area (Å²) in [5.74, 6) is 2.98. The highest BCUT2D eigenvalue weighted by Crippen LogP contribution is 2.38. The Morgan fingerprint density at radius 3 is 3.10 bits per heavy atom. The van der Waals surface area contributed by atoms with Crippen LogP contribution in [0.3, 0.4) is 0 Å². The molecular formula is C15H26N4O2. The van der Waals surface area contributed by atoms with Crippen molar-refractivity contribution < 1.29 is 9.26 Å². The molecular weight excluding hydrogens is 268 g/mol. The van der Waals surface area contributed by atoms with Crippen molar-refractivity contribution >= 4 is 0 Å².